The number of hydrogen-bond donors (Lipinski definition) is 1. The van der Waals surface area contributed by atoms with Crippen LogP contribution in [0.25, 0.3) is 10.4 Å². The van der Waals surface area contributed by atoms with Crippen LogP contribution in [0.2, 0.25) is 5.02 Å². The predicted octanol–water partition coefficient (Wildman–Crippen LogP) is 8.01. The van der Waals surface area contributed by atoms with Gasteiger partial charge in [0.15, 0.2) is 0 Å². The fourth-order valence-electron chi connectivity index (χ4n) is 5.04. The van der Waals surface area contributed by atoms with E-state index in [1.807, 2.05) is 6.92 Å². The quantitative estimate of drug-likeness (QED) is 0.0428. The van der Waals surface area contributed by atoms with Crippen molar-refractivity contribution in [1.82, 2.24) is 9.55 Å². The van der Waals surface area contributed by atoms with Crippen LogP contribution >= 0.6 is 19.4 Å². The highest BCUT2D eigenvalue weighted by Crippen LogP contribution is 2.51. The minimum atomic E-state index is -4.30. The third-order valence-corrected chi connectivity index (χ3v) is 9.33. The summed E-state index contributed by atoms with van der Waals surface area (Å²) in [5, 5.41) is 3.98. The zero-order chi connectivity index (χ0) is 33.4. The van der Waals surface area contributed by atoms with Crippen molar-refractivity contribution >= 4 is 19.4 Å². The van der Waals surface area contributed by atoms with Crippen LogP contribution in [0.1, 0.15) is 96.3 Å². The van der Waals surface area contributed by atoms with Gasteiger partial charge in [-0.15, -0.1) is 0 Å². The van der Waals surface area contributed by atoms with Gasteiger partial charge < -0.3 is 14.0 Å². The van der Waals surface area contributed by atoms with Gasteiger partial charge in [0, 0.05) is 29.7 Å². The molecule has 15 heteroatoms. The Morgan fingerprint density at radius 2 is 1.78 bits per heavy atom. The lowest BCUT2D eigenvalue weighted by molar-refractivity contribution is -0.0310. The summed E-state index contributed by atoms with van der Waals surface area (Å²) in [6.45, 7) is 5.70. The zero-order valence-electron chi connectivity index (χ0n) is 27.0. The maximum atomic E-state index is 13.9. The van der Waals surface area contributed by atoms with Crippen molar-refractivity contribution in [3.8, 4) is 5.75 Å². The van der Waals surface area contributed by atoms with Gasteiger partial charge in [0.1, 0.15) is 12.0 Å². The van der Waals surface area contributed by atoms with E-state index in [1.54, 1.807) is 25.1 Å². The van der Waals surface area contributed by atoms with E-state index < -0.39 is 43.5 Å². The summed E-state index contributed by atoms with van der Waals surface area (Å²) in [7, 11) is -4.30. The molecule has 1 unspecified atom stereocenters. The Balaban J connectivity index is 1.55. The number of para-hydroxylation sites is 1. The molecule has 0 aliphatic carbocycles. The molecule has 256 valence electrons. The summed E-state index contributed by atoms with van der Waals surface area (Å²) in [6.07, 6.45) is 11.5. The van der Waals surface area contributed by atoms with E-state index in [1.165, 1.54) is 68.2 Å². The number of aromatic amines is 1. The Labute approximate surface area is 275 Å². The number of azide groups is 1. The largest absolute Gasteiger partial charge is 0.530 e. The lowest BCUT2D eigenvalue weighted by Gasteiger charge is -2.23. The van der Waals surface area contributed by atoms with E-state index >= 15 is 0 Å². The van der Waals surface area contributed by atoms with Crippen molar-refractivity contribution in [2.45, 2.75) is 116 Å². The highest BCUT2D eigenvalue weighted by Gasteiger charge is 2.40. The monoisotopic (exact) mass is 683 g/mol. The molecule has 5 atom stereocenters. The first-order chi connectivity index (χ1) is 22.2. The van der Waals surface area contributed by atoms with Crippen LogP contribution in [-0.4, -0.2) is 47.6 Å². The molecular weight excluding hydrogens is 637 g/mol. The van der Waals surface area contributed by atoms with Crippen LogP contribution in [-0.2, 0) is 23.1 Å². The molecule has 2 aromatic rings. The molecule has 0 spiro atoms. The molecule has 1 N–H and O–H groups in total. The van der Waals surface area contributed by atoms with Gasteiger partial charge in [0.25, 0.3) is 5.56 Å². The molecule has 1 aromatic heterocycles. The number of aromatic nitrogens is 2. The van der Waals surface area contributed by atoms with Gasteiger partial charge in [-0.3, -0.25) is 23.4 Å². The van der Waals surface area contributed by atoms with E-state index in [2.05, 4.69) is 21.9 Å². The van der Waals surface area contributed by atoms with E-state index in [4.69, 9.17) is 40.2 Å². The first-order valence-electron chi connectivity index (χ1n) is 16.1. The minimum Gasteiger partial charge on any atom is -0.402 e. The number of benzene rings is 1. The normalized spacial score (nSPS) is 19.8. The van der Waals surface area contributed by atoms with Crippen molar-refractivity contribution < 1.29 is 27.6 Å². The Morgan fingerprint density at radius 3 is 2.46 bits per heavy atom. The van der Waals surface area contributed by atoms with Crippen LogP contribution < -0.4 is 15.8 Å². The highest BCUT2D eigenvalue weighted by atomic mass is 35.5. The van der Waals surface area contributed by atoms with Crippen LogP contribution in [0.4, 0.5) is 0 Å². The molecule has 1 fully saturated rings. The first-order valence-corrected chi connectivity index (χ1v) is 18.0. The molecule has 0 saturated carbocycles. The maximum Gasteiger partial charge on any atom is 0.530 e. The van der Waals surface area contributed by atoms with Crippen LogP contribution in [0.15, 0.2) is 45.2 Å². The fourth-order valence-corrected chi connectivity index (χ4v) is 6.57. The van der Waals surface area contributed by atoms with Crippen LogP contribution in [0.3, 0.4) is 0 Å². The van der Waals surface area contributed by atoms with Gasteiger partial charge in [-0.05, 0) is 37.9 Å². The molecule has 0 amide bonds. The number of halogens is 1. The van der Waals surface area contributed by atoms with Gasteiger partial charge in [-0.1, -0.05) is 93.6 Å². The second kappa shape index (κ2) is 19.9. The molecule has 1 saturated heterocycles. The number of phosphoric ester groups is 1. The molecule has 2 heterocycles. The standard InChI is InChI=1S/C31H47ClN5O8P/c1-4-5-6-7-8-9-10-11-12-15-18-41-24(3)21-42-46(40,45-27-17-14-13-16-25(27)32)43-22-28-26(35-36-33)19-29(44-28)37-20-23(2)30(38)34-31(37)39/h13-14,16-17,20,24,26,28-29H,4-12,15,18-19,21-22H2,1-3H3,(H,34,38,39)/t24-,26-,28+,29+,46?/m0/s1. The summed E-state index contributed by atoms with van der Waals surface area (Å²) < 4.78 is 44.0. The molecule has 3 rings (SSSR count). The van der Waals surface area contributed by atoms with Gasteiger partial charge >= 0.3 is 13.5 Å². The van der Waals surface area contributed by atoms with Gasteiger partial charge in [0.05, 0.1) is 36.5 Å². The molecule has 1 aliphatic rings. The van der Waals surface area contributed by atoms with Crippen molar-refractivity contribution in [3.05, 3.63) is 72.3 Å². The SMILES string of the molecule is CCCCCCCCCCCCO[C@@H](C)COP(=O)(OC[C@H]1O[C@@H](n2cc(C)c(=O)[nH]c2=O)C[C@@H]1N=[N+]=[N-])Oc1ccccc1Cl. The molecule has 1 aliphatic heterocycles. The number of unbranched alkanes of at least 4 members (excludes halogenated alkanes) is 9. The summed E-state index contributed by atoms with van der Waals surface area (Å²) in [4.78, 5) is 29.4. The van der Waals surface area contributed by atoms with E-state index in [0.29, 0.717) is 12.2 Å². The smallest absolute Gasteiger partial charge is 0.402 e. The lowest BCUT2D eigenvalue weighted by atomic mass is 10.1. The third kappa shape index (κ3) is 12.5. The third-order valence-electron chi connectivity index (χ3n) is 7.67. The van der Waals surface area contributed by atoms with Crippen LogP contribution in [0.5, 0.6) is 5.75 Å². The minimum absolute atomic E-state index is 0.0839. The second-order valence-corrected chi connectivity index (χ2v) is 13.5. The summed E-state index contributed by atoms with van der Waals surface area (Å²) >= 11 is 6.25. The summed E-state index contributed by atoms with van der Waals surface area (Å²) in [5.74, 6) is 0.0958. The topological polar surface area (TPSA) is 167 Å². The number of ether oxygens (including phenoxy) is 2. The number of nitrogens with one attached hydrogen (secondary N) is 1. The molecular formula is C31H47ClN5O8P. The number of hydrogen-bond acceptors (Lipinski definition) is 9. The molecule has 0 radical (unpaired) electrons. The number of rotatable bonds is 22. The van der Waals surface area contributed by atoms with Crippen molar-refractivity contribution in [2.24, 2.45) is 5.11 Å². The number of H-pyrrole nitrogens is 1. The van der Waals surface area contributed by atoms with Gasteiger partial charge in [0.2, 0.25) is 0 Å². The summed E-state index contributed by atoms with van der Waals surface area (Å²) in [6, 6.07) is 5.69. The fraction of sp³-hybridized carbons (Fsp3) is 0.677. The molecule has 46 heavy (non-hydrogen) atoms. The van der Waals surface area contributed by atoms with E-state index in [9.17, 15) is 14.2 Å². The summed E-state index contributed by atoms with van der Waals surface area (Å²) in [5.41, 5.74) is 8.24. The Hall–Kier alpha value is -2.63. The number of phosphoric acid groups is 1. The Bertz CT molecular complexity index is 1430. The molecule has 0 bridgehead atoms. The highest BCUT2D eigenvalue weighted by molar-refractivity contribution is 7.48. The van der Waals surface area contributed by atoms with E-state index in [-0.39, 0.29) is 30.4 Å². The number of aryl methyl sites for hydroxylation is 1. The second-order valence-electron chi connectivity index (χ2n) is 11.5. The lowest BCUT2D eigenvalue weighted by Crippen LogP contribution is -2.33. The Kier molecular flexibility index (Phi) is 16.4. The van der Waals surface area contributed by atoms with Crippen LogP contribution in [0, 0.1) is 6.92 Å². The maximum absolute atomic E-state index is 13.9. The Morgan fingerprint density at radius 1 is 1.11 bits per heavy atom. The van der Waals surface area contributed by atoms with Crippen molar-refractivity contribution in [3.63, 3.8) is 0 Å². The van der Waals surface area contributed by atoms with Gasteiger partial charge in [-0.2, -0.15) is 0 Å². The average Bonchev–Trinajstić information content (AvgIpc) is 3.43. The first kappa shape index (κ1) is 37.8. The number of nitrogens with zero attached hydrogens (tertiary/aromatic N) is 4. The van der Waals surface area contributed by atoms with Crippen molar-refractivity contribution in [2.75, 3.05) is 19.8 Å². The molecule has 13 nitrogen and oxygen atoms in total. The van der Waals surface area contributed by atoms with E-state index in [0.717, 1.165) is 12.8 Å². The predicted molar refractivity (Wildman–Crippen MR) is 176 cm³/mol. The van der Waals surface area contributed by atoms with Gasteiger partial charge in [-0.25, -0.2) is 9.36 Å². The molecule has 1 aromatic carbocycles. The zero-order valence-corrected chi connectivity index (χ0v) is 28.6. The average molecular weight is 684 g/mol. The van der Waals surface area contributed by atoms with Crippen molar-refractivity contribution in [1.29, 1.82) is 0 Å².